The van der Waals surface area contributed by atoms with E-state index in [4.69, 9.17) is 11.6 Å². The molecule has 0 radical (unpaired) electrons. The summed E-state index contributed by atoms with van der Waals surface area (Å²) < 4.78 is 1.82. The van der Waals surface area contributed by atoms with Crippen molar-refractivity contribution in [1.29, 1.82) is 0 Å². The van der Waals surface area contributed by atoms with E-state index < -0.39 is 0 Å². The first-order valence-corrected chi connectivity index (χ1v) is 5.59. The van der Waals surface area contributed by atoms with E-state index in [1.807, 2.05) is 29.1 Å². The molecule has 0 unspecified atom stereocenters. The highest BCUT2D eigenvalue weighted by atomic mass is 35.5. The monoisotopic (exact) mass is 244 g/mol. The predicted molar refractivity (Wildman–Crippen MR) is 65.9 cm³/mol. The van der Waals surface area contributed by atoms with Gasteiger partial charge in [-0.1, -0.05) is 41.9 Å². The van der Waals surface area contributed by atoms with Crippen molar-refractivity contribution >= 4 is 22.8 Å². The minimum absolute atomic E-state index is 0.363. The maximum atomic E-state index is 5.77. The molecule has 2 heterocycles. The summed E-state index contributed by atoms with van der Waals surface area (Å²) in [5.41, 5.74) is 2.52. The Hall–Kier alpha value is -1.94. The SMILES string of the molecule is Clc1cnc2cn(Cc3ccccc3)nc2n1. The van der Waals surface area contributed by atoms with Gasteiger partial charge in [0, 0.05) is 0 Å². The van der Waals surface area contributed by atoms with Gasteiger partial charge in [-0.25, -0.2) is 9.97 Å². The van der Waals surface area contributed by atoms with E-state index in [1.54, 1.807) is 0 Å². The van der Waals surface area contributed by atoms with Gasteiger partial charge in [0.1, 0.15) is 10.7 Å². The maximum absolute atomic E-state index is 5.77. The van der Waals surface area contributed by atoms with Crippen LogP contribution in [0, 0.1) is 0 Å². The third-order valence-corrected chi connectivity index (χ3v) is 2.62. The molecule has 0 bridgehead atoms. The van der Waals surface area contributed by atoms with Gasteiger partial charge in [-0.05, 0) is 5.56 Å². The smallest absolute Gasteiger partial charge is 0.201 e. The topological polar surface area (TPSA) is 43.6 Å². The van der Waals surface area contributed by atoms with E-state index in [0.717, 1.165) is 5.52 Å². The number of aromatic nitrogens is 4. The Kier molecular flexibility index (Phi) is 2.49. The van der Waals surface area contributed by atoms with Crippen LogP contribution in [0.25, 0.3) is 11.2 Å². The number of fused-ring (bicyclic) bond motifs is 1. The molecule has 0 amide bonds. The molecule has 2 aromatic heterocycles. The number of hydrogen-bond acceptors (Lipinski definition) is 3. The van der Waals surface area contributed by atoms with Crippen LogP contribution in [0.5, 0.6) is 0 Å². The fourth-order valence-electron chi connectivity index (χ4n) is 1.68. The number of rotatable bonds is 2. The lowest BCUT2D eigenvalue weighted by atomic mass is 10.2. The fraction of sp³-hybridized carbons (Fsp3) is 0.0833. The number of halogens is 1. The summed E-state index contributed by atoms with van der Waals surface area (Å²) in [4.78, 5) is 8.27. The molecule has 0 saturated heterocycles. The van der Waals surface area contributed by atoms with Crippen LogP contribution in [0.2, 0.25) is 5.15 Å². The molecule has 84 valence electrons. The van der Waals surface area contributed by atoms with Gasteiger partial charge >= 0.3 is 0 Å². The largest absolute Gasteiger partial charge is 0.264 e. The van der Waals surface area contributed by atoms with Crippen molar-refractivity contribution in [2.24, 2.45) is 0 Å². The van der Waals surface area contributed by atoms with E-state index in [0.29, 0.717) is 17.3 Å². The van der Waals surface area contributed by atoms with Gasteiger partial charge in [0.2, 0.25) is 5.65 Å². The molecule has 0 spiro atoms. The standard InChI is InChI=1S/C12H9ClN4/c13-11-6-14-10-8-17(16-12(10)15-11)7-9-4-2-1-3-5-9/h1-6,8H,7H2. The average molecular weight is 245 g/mol. The Morgan fingerprint density at radius 3 is 2.82 bits per heavy atom. The van der Waals surface area contributed by atoms with Gasteiger partial charge in [0.15, 0.2) is 0 Å². The van der Waals surface area contributed by atoms with Crippen LogP contribution in [0.3, 0.4) is 0 Å². The molecule has 0 N–H and O–H groups in total. The van der Waals surface area contributed by atoms with Crippen LogP contribution in [-0.4, -0.2) is 19.7 Å². The third kappa shape index (κ3) is 2.12. The fourth-order valence-corrected chi connectivity index (χ4v) is 1.80. The molecule has 3 aromatic rings. The summed E-state index contributed by atoms with van der Waals surface area (Å²) in [6, 6.07) is 10.1. The minimum atomic E-state index is 0.363. The molecule has 5 heteroatoms. The molecule has 1 aromatic carbocycles. The zero-order valence-electron chi connectivity index (χ0n) is 8.92. The lowest BCUT2D eigenvalue weighted by molar-refractivity contribution is 0.693. The normalized spacial score (nSPS) is 10.9. The first kappa shape index (κ1) is 10.2. The molecule has 0 aliphatic carbocycles. The average Bonchev–Trinajstić information content (AvgIpc) is 2.71. The molecule has 0 aliphatic rings. The molecule has 4 nitrogen and oxygen atoms in total. The Balaban J connectivity index is 1.96. The highest BCUT2D eigenvalue weighted by Crippen LogP contribution is 2.11. The Labute approximate surface area is 103 Å². The summed E-state index contributed by atoms with van der Waals surface area (Å²) >= 11 is 5.77. The second kappa shape index (κ2) is 4.14. The van der Waals surface area contributed by atoms with E-state index >= 15 is 0 Å². The van der Waals surface area contributed by atoms with Gasteiger partial charge in [-0.2, -0.15) is 5.10 Å². The van der Waals surface area contributed by atoms with Gasteiger partial charge < -0.3 is 0 Å². The molecule has 3 rings (SSSR count). The van der Waals surface area contributed by atoms with Crippen LogP contribution in [0.1, 0.15) is 5.56 Å². The van der Waals surface area contributed by atoms with Crippen LogP contribution >= 0.6 is 11.6 Å². The van der Waals surface area contributed by atoms with Crippen molar-refractivity contribution in [3.05, 3.63) is 53.4 Å². The summed E-state index contributed by atoms with van der Waals surface area (Å²) in [6.07, 6.45) is 3.39. The quantitative estimate of drug-likeness (QED) is 0.696. The predicted octanol–water partition coefficient (Wildman–Crippen LogP) is 2.53. The maximum Gasteiger partial charge on any atom is 0.201 e. The second-order valence-corrected chi connectivity index (χ2v) is 4.10. The zero-order chi connectivity index (χ0) is 11.7. The number of hydrogen-bond donors (Lipinski definition) is 0. The van der Waals surface area contributed by atoms with Crippen molar-refractivity contribution in [2.45, 2.75) is 6.54 Å². The first-order chi connectivity index (χ1) is 8.31. The summed E-state index contributed by atoms with van der Waals surface area (Å²) in [7, 11) is 0. The number of nitrogens with zero attached hydrogens (tertiary/aromatic N) is 4. The molecule has 0 aliphatic heterocycles. The van der Waals surface area contributed by atoms with Crippen LogP contribution in [0.4, 0.5) is 0 Å². The van der Waals surface area contributed by atoms with Crippen molar-refractivity contribution < 1.29 is 0 Å². The van der Waals surface area contributed by atoms with Crippen molar-refractivity contribution in [3.63, 3.8) is 0 Å². The van der Waals surface area contributed by atoms with Gasteiger partial charge in [-0.15, -0.1) is 0 Å². The highest BCUT2D eigenvalue weighted by molar-refractivity contribution is 6.29. The minimum Gasteiger partial charge on any atom is -0.264 e. The van der Waals surface area contributed by atoms with Crippen molar-refractivity contribution in [1.82, 2.24) is 19.7 Å². The van der Waals surface area contributed by atoms with Gasteiger partial charge in [0.05, 0.1) is 18.9 Å². The first-order valence-electron chi connectivity index (χ1n) is 5.21. The van der Waals surface area contributed by atoms with E-state index in [-0.39, 0.29) is 0 Å². The highest BCUT2D eigenvalue weighted by Gasteiger charge is 2.04. The van der Waals surface area contributed by atoms with E-state index in [1.165, 1.54) is 11.8 Å². The molecular formula is C12H9ClN4. The molecule has 0 saturated carbocycles. The second-order valence-electron chi connectivity index (χ2n) is 3.71. The third-order valence-electron chi connectivity index (χ3n) is 2.43. The van der Waals surface area contributed by atoms with E-state index in [2.05, 4.69) is 27.2 Å². The summed E-state index contributed by atoms with van der Waals surface area (Å²) in [5.74, 6) is 0. The van der Waals surface area contributed by atoms with Crippen molar-refractivity contribution in [3.8, 4) is 0 Å². The molecule has 17 heavy (non-hydrogen) atoms. The summed E-state index contributed by atoms with van der Waals surface area (Å²) in [6.45, 7) is 0.705. The number of benzene rings is 1. The van der Waals surface area contributed by atoms with Crippen molar-refractivity contribution in [2.75, 3.05) is 0 Å². The summed E-state index contributed by atoms with van der Waals surface area (Å²) in [5, 5.41) is 4.69. The van der Waals surface area contributed by atoms with Crippen LogP contribution in [0.15, 0.2) is 42.7 Å². The van der Waals surface area contributed by atoms with Gasteiger partial charge in [-0.3, -0.25) is 4.68 Å². The Morgan fingerprint density at radius 1 is 1.18 bits per heavy atom. The van der Waals surface area contributed by atoms with Crippen LogP contribution in [-0.2, 0) is 6.54 Å². The lowest BCUT2D eigenvalue weighted by Crippen LogP contribution is -1.99. The lowest BCUT2D eigenvalue weighted by Gasteiger charge is -1.99. The molecule has 0 fully saturated rings. The molecular weight excluding hydrogens is 236 g/mol. The Morgan fingerprint density at radius 2 is 2.00 bits per heavy atom. The molecule has 0 atom stereocenters. The zero-order valence-corrected chi connectivity index (χ0v) is 9.67. The Bertz CT molecular complexity index is 648. The van der Waals surface area contributed by atoms with E-state index in [9.17, 15) is 0 Å². The van der Waals surface area contributed by atoms with Gasteiger partial charge in [0.25, 0.3) is 0 Å². The van der Waals surface area contributed by atoms with Crippen LogP contribution < -0.4 is 0 Å².